The van der Waals surface area contributed by atoms with Crippen molar-refractivity contribution < 1.29 is 0 Å². The summed E-state index contributed by atoms with van der Waals surface area (Å²) in [6.45, 7) is 0. The van der Waals surface area contributed by atoms with Gasteiger partial charge in [0.25, 0.3) is 0 Å². The molecule has 0 amide bonds. The van der Waals surface area contributed by atoms with Gasteiger partial charge in [-0.05, 0) is 131 Å². The van der Waals surface area contributed by atoms with Crippen molar-refractivity contribution in [1.82, 2.24) is 0 Å². The zero-order valence-corrected chi connectivity index (χ0v) is 32.5. The number of rotatable bonds is 7. The van der Waals surface area contributed by atoms with Crippen LogP contribution in [0.25, 0.3) is 87.6 Å². The Morgan fingerprint density at radius 1 is 0.220 bits per heavy atom. The normalized spacial score (nSPS) is 11.4. The van der Waals surface area contributed by atoms with Crippen molar-refractivity contribution in [3.63, 3.8) is 0 Å². The van der Waals surface area contributed by atoms with Gasteiger partial charge in [0, 0.05) is 16.9 Å². The Hall–Kier alpha value is -7.74. The van der Waals surface area contributed by atoms with Crippen LogP contribution in [0.2, 0.25) is 0 Å². The van der Waals surface area contributed by atoms with Crippen LogP contribution in [-0.2, 0) is 0 Å². The predicted molar refractivity (Wildman–Crippen MR) is 253 cm³/mol. The topological polar surface area (TPSA) is 3.24 Å². The maximum Gasteiger partial charge on any atom is 0.0540 e. The zero-order chi connectivity index (χ0) is 39.1. The van der Waals surface area contributed by atoms with Gasteiger partial charge in [-0.25, -0.2) is 0 Å². The fourth-order valence-electron chi connectivity index (χ4n) is 8.98. The first kappa shape index (κ1) is 34.5. The van der Waals surface area contributed by atoms with E-state index in [0.717, 1.165) is 17.1 Å². The van der Waals surface area contributed by atoms with Gasteiger partial charge < -0.3 is 4.90 Å². The lowest BCUT2D eigenvalue weighted by Gasteiger charge is -2.29. The molecule has 0 bridgehead atoms. The minimum absolute atomic E-state index is 1.09. The van der Waals surface area contributed by atoms with Crippen LogP contribution in [0.3, 0.4) is 0 Å². The first-order chi connectivity index (χ1) is 29.3. The third-order valence-corrected chi connectivity index (χ3v) is 11.8. The Labute approximate surface area is 344 Å². The maximum atomic E-state index is 2.44. The quantitative estimate of drug-likeness (QED) is 0.147. The Kier molecular flexibility index (Phi) is 8.56. The van der Waals surface area contributed by atoms with Crippen molar-refractivity contribution in [2.24, 2.45) is 0 Å². The molecule has 11 aromatic rings. The van der Waals surface area contributed by atoms with Crippen molar-refractivity contribution in [3.05, 3.63) is 237 Å². The van der Waals surface area contributed by atoms with Gasteiger partial charge >= 0.3 is 0 Å². The molecule has 0 aliphatic rings. The van der Waals surface area contributed by atoms with Crippen molar-refractivity contribution in [1.29, 1.82) is 0 Å². The fraction of sp³-hybridized carbons (Fsp3) is 0. The van der Waals surface area contributed by atoms with E-state index >= 15 is 0 Å². The molecule has 0 heterocycles. The highest BCUT2D eigenvalue weighted by Gasteiger charge is 2.21. The second kappa shape index (κ2) is 14.6. The molecule has 0 aliphatic carbocycles. The molecule has 0 aromatic heterocycles. The molecular weight excluding hydrogens is 711 g/mol. The molecule has 11 aromatic carbocycles. The van der Waals surface area contributed by atoms with Crippen LogP contribution in [0.4, 0.5) is 17.1 Å². The van der Waals surface area contributed by atoms with Gasteiger partial charge in [-0.1, -0.05) is 188 Å². The van der Waals surface area contributed by atoms with Crippen LogP contribution in [0.5, 0.6) is 0 Å². The largest absolute Gasteiger partial charge is 0.310 e. The van der Waals surface area contributed by atoms with Gasteiger partial charge in [0.1, 0.15) is 0 Å². The molecule has 0 aliphatic heterocycles. The van der Waals surface area contributed by atoms with Gasteiger partial charge in [-0.3, -0.25) is 0 Å². The van der Waals surface area contributed by atoms with E-state index in [1.54, 1.807) is 0 Å². The van der Waals surface area contributed by atoms with Crippen LogP contribution in [0.1, 0.15) is 0 Å². The van der Waals surface area contributed by atoms with Gasteiger partial charge in [0.2, 0.25) is 0 Å². The fourth-order valence-corrected chi connectivity index (χ4v) is 8.98. The van der Waals surface area contributed by atoms with Crippen LogP contribution in [0.15, 0.2) is 237 Å². The van der Waals surface area contributed by atoms with E-state index in [9.17, 15) is 0 Å². The maximum absolute atomic E-state index is 2.44. The summed E-state index contributed by atoms with van der Waals surface area (Å²) in [6, 6.07) is 86.4. The van der Waals surface area contributed by atoms with E-state index in [2.05, 4.69) is 241 Å². The summed E-state index contributed by atoms with van der Waals surface area (Å²) in [5.41, 5.74) is 12.8. The standard InChI is InChI=1S/C58H39N/c1-3-15-40(16-4-1)42-27-32-47(33-28-42)59(48-34-29-43(30-35-48)41-17-5-2-6-18-41)58-36-31-46(55-37-44-19-7-9-21-49(44)51-23-11-13-25-53(51)55)39-57(58)56-38-45-20-8-10-22-50(45)52-24-12-14-26-54(52)56/h1-39H. The Morgan fingerprint density at radius 2 is 0.593 bits per heavy atom. The highest BCUT2D eigenvalue weighted by molar-refractivity contribution is 6.17. The van der Waals surface area contributed by atoms with E-state index in [-0.39, 0.29) is 0 Å². The van der Waals surface area contributed by atoms with Crippen molar-refractivity contribution in [2.75, 3.05) is 4.90 Å². The summed E-state index contributed by atoms with van der Waals surface area (Å²) >= 11 is 0. The summed E-state index contributed by atoms with van der Waals surface area (Å²) in [5, 5.41) is 9.98. The van der Waals surface area contributed by atoms with E-state index in [1.807, 2.05) is 0 Å². The number of anilines is 3. The molecule has 1 nitrogen and oxygen atoms in total. The highest BCUT2D eigenvalue weighted by Crippen LogP contribution is 2.47. The van der Waals surface area contributed by atoms with Crippen LogP contribution >= 0.6 is 0 Å². The minimum atomic E-state index is 1.09. The van der Waals surface area contributed by atoms with E-state index < -0.39 is 0 Å². The Bertz CT molecular complexity index is 3210. The van der Waals surface area contributed by atoms with Gasteiger partial charge in [-0.15, -0.1) is 0 Å². The lowest BCUT2D eigenvalue weighted by Crippen LogP contribution is -2.11. The second-order valence-electron chi connectivity index (χ2n) is 15.3. The summed E-state index contributed by atoms with van der Waals surface area (Å²) in [6.07, 6.45) is 0. The summed E-state index contributed by atoms with van der Waals surface area (Å²) in [7, 11) is 0. The molecule has 59 heavy (non-hydrogen) atoms. The molecule has 276 valence electrons. The molecule has 11 rings (SSSR count). The van der Waals surface area contributed by atoms with E-state index in [1.165, 1.54) is 87.6 Å². The summed E-state index contributed by atoms with van der Waals surface area (Å²) in [4.78, 5) is 2.44. The molecule has 0 atom stereocenters. The third-order valence-electron chi connectivity index (χ3n) is 11.8. The highest BCUT2D eigenvalue weighted by atomic mass is 15.1. The molecule has 0 saturated heterocycles. The third kappa shape index (κ3) is 6.21. The molecular formula is C58H39N. The number of hydrogen-bond donors (Lipinski definition) is 0. The number of nitrogens with zero attached hydrogens (tertiary/aromatic N) is 1. The average molecular weight is 750 g/mol. The van der Waals surface area contributed by atoms with Crippen molar-refractivity contribution >= 4 is 60.2 Å². The molecule has 0 saturated carbocycles. The van der Waals surface area contributed by atoms with Crippen molar-refractivity contribution in [2.45, 2.75) is 0 Å². The summed E-state index contributed by atoms with van der Waals surface area (Å²) < 4.78 is 0. The molecule has 0 N–H and O–H groups in total. The molecule has 0 fully saturated rings. The molecule has 0 unspecified atom stereocenters. The van der Waals surface area contributed by atoms with Crippen LogP contribution in [0, 0.1) is 0 Å². The monoisotopic (exact) mass is 749 g/mol. The van der Waals surface area contributed by atoms with Crippen LogP contribution in [-0.4, -0.2) is 0 Å². The minimum Gasteiger partial charge on any atom is -0.310 e. The van der Waals surface area contributed by atoms with E-state index in [4.69, 9.17) is 0 Å². The second-order valence-corrected chi connectivity index (χ2v) is 15.3. The number of benzene rings is 11. The van der Waals surface area contributed by atoms with Crippen molar-refractivity contribution in [3.8, 4) is 44.5 Å². The van der Waals surface area contributed by atoms with Gasteiger partial charge in [-0.2, -0.15) is 0 Å². The summed E-state index contributed by atoms with van der Waals surface area (Å²) in [5.74, 6) is 0. The molecule has 0 radical (unpaired) electrons. The average Bonchev–Trinajstić information content (AvgIpc) is 3.32. The zero-order valence-electron chi connectivity index (χ0n) is 32.5. The van der Waals surface area contributed by atoms with E-state index in [0.29, 0.717) is 0 Å². The smallest absolute Gasteiger partial charge is 0.0540 e. The molecule has 0 spiro atoms. The lowest BCUT2D eigenvalue weighted by atomic mass is 9.88. The Morgan fingerprint density at radius 3 is 1.10 bits per heavy atom. The predicted octanol–water partition coefficient (Wildman–Crippen LogP) is 16.4. The first-order valence-electron chi connectivity index (χ1n) is 20.3. The lowest BCUT2D eigenvalue weighted by molar-refractivity contribution is 1.28. The SMILES string of the molecule is c1ccc(-c2ccc(N(c3ccc(-c4ccccc4)cc3)c3ccc(-c4cc5ccccc5c5ccccc45)cc3-c3cc4ccccc4c4ccccc34)cc2)cc1. The number of hydrogen-bond acceptors (Lipinski definition) is 1. The Balaban J connectivity index is 1.19. The van der Waals surface area contributed by atoms with Gasteiger partial charge in [0.05, 0.1) is 5.69 Å². The first-order valence-corrected chi connectivity index (χ1v) is 20.3. The molecule has 1 heteroatoms. The number of fused-ring (bicyclic) bond motifs is 6. The van der Waals surface area contributed by atoms with Crippen LogP contribution < -0.4 is 4.90 Å². The van der Waals surface area contributed by atoms with Gasteiger partial charge in [0.15, 0.2) is 0 Å².